The van der Waals surface area contributed by atoms with E-state index >= 15 is 0 Å². The molecule has 3 nitrogen and oxygen atoms in total. The van der Waals surface area contributed by atoms with Gasteiger partial charge in [0.2, 0.25) is 0 Å². The maximum absolute atomic E-state index is 6.13. The Morgan fingerprint density at radius 2 is 1.78 bits per heavy atom. The summed E-state index contributed by atoms with van der Waals surface area (Å²) in [5.74, 6) is 0.658. The van der Waals surface area contributed by atoms with Crippen LogP contribution in [0.3, 0.4) is 0 Å². The molecule has 1 heterocycles. The van der Waals surface area contributed by atoms with Gasteiger partial charge in [-0.25, -0.2) is 0 Å². The molecule has 1 fully saturated rings. The minimum Gasteiger partial charge on any atom is -0.368 e. The van der Waals surface area contributed by atoms with Gasteiger partial charge in [0, 0.05) is 18.6 Å². The molecule has 2 atom stereocenters. The summed E-state index contributed by atoms with van der Waals surface area (Å²) in [6.45, 7) is 14.3. The summed E-state index contributed by atoms with van der Waals surface area (Å²) in [5, 5.41) is 3.72. The third kappa shape index (κ3) is 3.94. The molecule has 0 aromatic rings. The topological polar surface area (TPSA) is 24.5 Å². The Labute approximate surface area is 113 Å². The highest BCUT2D eigenvalue weighted by atomic mass is 16.5. The summed E-state index contributed by atoms with van der Waals surface area (Å²) in [4.78, 5) is 2.31. The molecule has 3 heteroatoms. The number of ether oxygens (including phenoxy) is 1. The Hall–Kier alpha value is -0.120. The molecular formula is C15H32N2O. The van der Waals surface area contributed by atoms with Gasteiger partial charge in [0.05, 0.1) is 11.2 Å². The minimum atomic E-state index is -0.0721. The second-order valence-corrected chi connectivity index (χ2v) is 7.41. The van der Waals surface area contributed by atoms with Crippen molar-refractivity contribution in [3.63, 3.8) is 0 Å². The van der Waals surface area contributed by atoms with Gasteiger partial charge in [-0.05, 0) is 54.1 Å². The molecule has 0 bridgehead atoms. The van der Waals surface area contributed by atoms with Crippen LogP contribution in [-0.2, 0) is 4.74 Å². The van der Waals surface area contributed by atoms with Crippen LogP contribution in [-0.4, -0.2) is 48.8 Å². The van der Waals surface area contributed by atoms with Gasteiger partial charge in [0.25, 0.3) is 0 Å². The molecule has 1 aliphatic heterocycles. The predicted molar refractivity (Wildman–Crippen MR) is 78.0 cm³/mol. The average Bonchev–Trinajstić information content (AvgIpc) is 2.33. The number of hydrogen-bond acceptors (Lipinski definition) is 3. The van der Waals surface area contributed by atoms with Crippen LogP contribution < -0.4 is 5.32 Å². The minimum absolute atomic E-state index is 0.00733. The van der Waals surface area contributed by atoms with Gasteiger partial charge >= 0.3 is 0 Å². The first-order chi connectivity index (χ1) is 8.05. The number of nitrogens with one attached hydrogen (secondary N) is 1. The van der Waals surface area contributed by atoms with Crippen molar-refractivity contribution in [2.75, 3.05) is 20.6 Å². The molecule has 0 amide bonds. The van der Waals surface area contributed by atoms with Crippen LogP contribution in [0.15, 0.2) is 0 Å². The third-order valence-electron chi connectivity index (χ3n) is 4.08. The lowest BCUT2D eigenvalue weighted by molar-refractivity contribution is -0.0701. The molecule has 0 aromatic carbocycles. The van der Waals surface area contributed by atoms with Crippen LogP contribution in [0.1, 0.15) is 48.0 Å². The normalized spacial score (nSPS) is 28.0. The molecule has 18 heavy (non-hydrogen) atoms. The van der Waals surface area contributed by atoms with Gasteiger partial charge < -0.3 is 15.0 Å². The van der Waals surface area contributed by atoms with E-state index in [1.54, 1.807) is 0 Å². The van der Waals surface area contributed by atoms with Gasteiger partial charge in [0.1, 0.15) is 0 Å². The summed E-state index contributed by atoms with van der Waals surface area (Å²) in [5.41, 5.74) is -0.0794. The molecule has 1 N–H and O–H groups in total. The Kier molecular flexibility index (Phi) is 4.85. The van der Waals surface area contributed by atoms with E-state index in [0.717, 1.165) is 13.0 Å². The zero-order chi connectivity index (χ0) is 14.1. The second kappa shape index (κ2) is 5.48. The van der Waals surface area contributed by atoms with Crippen LogP contribution >= 0.6 is 0 Å². The van der Waals surface area contributed by atoms with E-state index in [1.807, 2.05) is 0 Å². The largest absolute Gasteiger partial charge is 0.368 e. The van der Waals surface area contributed by atoms with Crippen molar-refractivity contribution < 1.29 is 4.74 Å². The summed E-state index contributed by atoms with van der Waals surface area (Å²) in [6.07, 6.45) is 1.08. The lowest BCUT2D eigenvalue weighted by Gasteiger charge is -2.32. The fraction of sp³-hybridized carbons (Fsp3) is 1.00. The molecule has 2 unspecified atom stereocenters. The Balaban J connectivity index is 2.58. The zero-order valence-corrected chi connectivity index (χ0v) is 13.5. The van der Waals surface area contributed by atoms with Crippen molar-refractivity contribution in [3.05, 3.63) is 0 Å². The molecule has 108 valence electrons. The predicted octanol–water partition coefficient (Wildman–Crippen LogP) is 2.51. The first kappa shape index (κ1) is 15.9. The van der Waals surface area contributed by atoms with Crippen LogP contribution in [0, 0.1) is 5.92 Å². The number of nitrogens with zero attached hydrogens (tertiary/aromatic N) is 1. The van der Waals surface area contributed by atoms with E-state index in [1.165, 1.54) is 0 Å². The van der Waals surface area contributed by atoms with Crippen molar-refractivity contribution >= 4 is 0 Å². The van der Waals surface area contributed by atoms with Crippen LogP contribution in [0.2, 0.25) is 0 Å². The van der Waals surface area contributed by atoms with Crippen molar-refractivity contribution in [3.8, 4) is 0 Å². The molecular weight excluding hydrogens is 224 g/mol. The van der Waals surface area contributed by atoms with Crippen LogP contribution in [0.25, 0.3) is 0 Å². The lowest BCUT2D eigenvalue weighted by Crippen LogP contribution is -2.49. The summed E-state index contributed by atoms with van der Waals surface area (Å²) in [6, 6.07) is 1.01. The third-order valence-corrected chi connectivity index (χ3v) is 4.08. The lowest BCUT2D eigenvalue weighted by atomic mass is 9.93. The molecule has 0 aliphatic carbocycles. The van der Waals surface area contributed by atoms with Gasteiger partial charge in [-0.2, -0.15) is 0 Å². The smallest absolute Gasteiger partial charge is 0.0787 e. The highest BCUT2D eigenvalue weighted by Gasteiger charge is 2.45. The summed E-state index contributed by atoms with van der Waals surface area (Å²) < 4.78 is 6.13. The van der Waals surface area contributed by atoms with E-state index in [0.29, 0.717) is 18.0 Å². The number of hydrogen-bond donors (Lipinski definition) is 1. The molecule has 0 saturated carbocycles. The standard InChI is InChI=1S/C15H32N2O/c1-11(2)12(17(7)8)10-16-13-9-14(3,4)18-15(13,5)6/h11-13,16H,9-10H2,1-8H3. The quantitative estimate of drug-likeness (QED) is 0.818. The summed E-state index contributed by atoms with van der Waals surface area (Å²) in [7, 11) is 4.32. The SMILES string of the molecule is CC(C)C(CNC1CC(C)(C)OC1(C)C)N(C)C. The Morgan fingerprint density at radius 1 is 1.22 bits per heavy atom. The molecule has 0 spiro atoms. The van der Waals surface area contributed by atoms with Gasteiger partial charge in [-0.1, -0.05) is 13.8 Å². The van der Waals surface area contributed by atoms with Gasteiger partial charge in [-0.15, -0.1) is 0 Å². The first-order valence-corrected chi connectivity index (χ1v) is 7.15. The number of rotatable bonds is 5. The van der Waals surface area contributed by atoms with Crippen molar-refractivity contribution in [2.45, 2.75) is 71.2 Å². The molecule has 0 radical (unpaired) electrons. The summed E-state index contributed by atoms with van der Waals surface area (Å²) >= 11 is 0. The fourth-order valence-corrected chi connectivity index (χ4v) is 3.16. The molecule has 1 saturated heterocycles. The fourth-order valence-electron chi connectivity index (χ4n) is 3.16. The van der Waals surface area contributed by atoms with E-state index in [9.17, 15) is 0 Å². The maximum atomic E-state index is 6.13. The van der Waals surface area contributed by atoms with Crippen LogP contribution in [0.4, 0.5) is 0 Å². The number of likely N-dealkylation sites (N-methyl/N-ethyl adjacent to an activating group) is 1. The van der Waals surface area contributed by atoms with E-state index in [-0.39, 0.29) is 11.2 Å². The van der Waals surface area contributed by atoms with E-state index in [2.05, 4.69) is 65.9 Å². The molecule has 1 aliphatic rings. The second-order valence-electron chi connectivity index (χ2n) is 7.41. The van der Waals surface area contributed by atoms with E-state index in [4.69, 9.17) is 4.74 Å². The molecule has 0 aromatic heterocycles. The van der Waals surface area contributed by atoms with Crippen molar-refractivity contribution in [1.29, 1.82) is 0 Å². The van der Waals surface area contributed by atoms with Crippen molar-refractivity contribution in [1.82, 2.24) is 10.2 Å². The van der Waals surface area contributed by atoms with Crippen molar-refractivity contribution in [2.24, 2.45) is 5.92 Å². The monoisotopic (exact) mass is 256 g/mol. The average molecular weight is 256 g/mol. The van der Waals surface area contributed by atoms with E-state index < -0.39 is 0 Å². The van der Waals surface area contributed by atoms with Gasteiger partial charge in [-0.3, -0.25) is 0 Å². The highest BCUT2D eigenvalue weighted by molar-refractivity contribution is 4.99. The van der Waals surface area contributed by atoms with Crippen LogP contribution in [0.5, 0.6) is 0 Å². The highest BCUT2D eigenvalue weighted by Crippen LogP contribution is 2.37. The Bertz CT molecular complexity index is 264. The Morgan fingerprint density at radius 3 is 2.11 bits per heavy atom. The molecule has 1 rings (SSSR count). The van der Waals surface area contributed by atoms with Gasteiger partial charge in [0.15, 0.2) is 0 Å². The first-order valence-electron chi connectivity index (χ1n) is 7.15. The maximum Gasteiger partial charge on any atom is 0.0787 e. The zero-order valence-electron chi connectivity index (χ0n) is 13.5.